The molecule has 1 aliphatic carbocycles. The second kappa shape index (κ2) is 9.33. The lowest BCUT2D eigenvalue weighted by molar-refractivity contribution is -0.144. The number of benzene rings is 1. The van der Waals surface area contributed by atoms with E-state index in [2.05, 4.69) is 10.3 Å². The van der Waals surface area contributed by atoms with Crippen LogP contribution in [0.5, 0.6) is 0 Å². The summed E-state index contributed by atoms with van der Waals surface area (Å²) in [6.07, 6.45) is -4.52. The Kier molecular flexibility index (Phi) is 6.57. The van der Waals surface area contributed by atoms with Gasteiger partial charge in [-0.3, -0.25) is 14.7 Å². The first kappa shape index (κ1) is 28.1. The first-order valence-electron chi connectivity index (χ1n) is 12.5. The lowest BCUT2D eigenvalue weighted by Gasteiger charge is -2.19. The molecule has 0 unspecified atom stereocenters. The van der Waals surface area contributed by atoms with Gasteiger partial charge in [-0.1, -0.05) is 13.0 Å². The molecule has 0 saturated heterocycles. The van der Waals surface area contributed by atoms with Crippen LogP contribution in [0.4, 0.5) is 23.7 Å². The topological polar surface area (TPSA) is 112 Å². The molecule has 214 valence electrons. The number of hydrogen-bond acceptors (Lipinski definition) is 7. The van der Waals surface area contributed by atoms with Crippen molar-refractivity contribution in [2.45, 2.75) is 63.3 Å². The lowest BCUT2D eigenvalue weighted by Crippen LogP contribution is -2.28. The number of aromatic nitrogens is 3. The zero-order valence-corrected chi connectivity index (χ0v) is 24.0. The zero-order valence-electron chi connectivity index (χ0n) is 22.3. The van der Waals surface area contributed by atoms with E-state index in [0.29, 0.717) is 28.6 Å². The van der Waals surface area contributed by atoms with Crippen LogP contribution < -0.4 is 10.9 Å². The third-order valence-electron chi connectivity index (χ3n) is 6.46. The van der Waals surface area contributed by atoms with Crippen molar-refractivity contribution in [1.29, 1.82) is 0 Å². The number of hydrogen-bond donors (Lipinski definition) is 1. The van der Waals surface area contributed by atoms with Crippen LogP contribution in [0.3, 0.4) is 0 Å². The SMILES string of the molecule is CCS(=O)(=O)c1c(-c2nc3cc(C(F)(F)F)n(C4CC4)c(=O)c3n2C)sc2cc(NC(=O)OC(C)(C)C)ccc12. The van der Waals surface area contributed by atoms with E-state index in [0.717, 1.165) is 22.0 Å². The van der Waals surface area contributed by atoms with E-state index in [-0.39, 0.29) is 32.4 Å². The fraction of sp³-hybridized carbons (Fsp3) is 0.423. The van der Waals surface area contributed by atoms with Crippen molar-refractivity contribution in [1.82, 2.24) is 14.1 Å². The maximum atomic E-state index is 13.9. The molecule has 4 aromatic rings. The van der Waals surface area contributed by atoms with Gasteiger partial charge in [0.25, 0.3) is 5.56 Å². The molecule has 0 radical (unpaired) electrons. The van der Waals surface area contributed by atoms with Crippen molar-refractivity contribution < 1.29 is 31.1 Å². The Balaban J connectivity index is 1.72. The summed E-state index contributed by atoms with van der Waals surface area (Å²) in [7, 11) is -2.36. The smallest absolute Gasteiger partial charge is 0.431 e. The molecule has 1 N–H and O–H groups in total. The summed E-state index contributed by atoms with van der Waals surface area (Å²) in [6, 6.07) is 4.99. The Morgan fingerprint density at radius 3 is 2.45 bits per heavy atom. The number of aryl methyl sites for hydroxylation is 1. The van der Waals surface area contributed by atoms with Gasteiger partial charge in [-0.25, -0.2) is 18.2 Å². The minimum Gasteiger partial charge on any atom is -0.444 e. The molecular weight excluding hydrogens is 569 g/mol. The number of carbonyl (C=O) groups is 1. The molecule has 9 nitrogen and oxygen atoms in total. The second-order valence-electron chi connectivity index (χ2n) is 10.7. The largest absolute Gasteiger partial charge is 0.444 e. The highest BCUT2D eigenvalue weighted by Gasteiger charge is 2.40. The number of halogens is 3. The first-order chi connectivity index (χ1) is 18.5. The summed E-state index contributed by atoms with van der Waals surface area (Å²) in [4.78, 5) is 30.1. The highest BCUT2D eigenvalue weighted by atomic mass is 32.2. The van der Waals surface area contributed by atoms with Crippen molar-refractivity contribution >= 4 is 54.1 Å². The predicted molar refractivity (Wildman–Crippen MR) is 147 cm³/mol. The van der Waals surface area contributed by atoms with Gasteiger partial charge in [0, 0.05) is 28.9 Å². The summed E-state index contributed by atoms with van der Waals surface area (Å²) in [5, 5.41) is 2.99. The normalized spacial score (nSPS) is 14.7. The van der Waals surface area contributed by atoms with Gasteiger partial charge in [-0.05, 0) is 51.8 Å². The summed E-state index contributed by atoms with van der Waals surface area (Å²) < 4.78 is 76.1. The second-order valence-corrected chi connectivity index (χ2v) is 13.9. The molecular formula is C26H27F3N4O5S2. The quantitative estimate of drug-likeness (QED) is 0.298. The van der Waals surface area contributed by atoms with E-state index >= 15 is 0 Å². The number of imidazole rings is 1. The fourth-order valence-corrected chi connectivity index (χ4v) is 7.49. The summed E-state index contributed by atoms with van der Waals surface area (Å²) in [5.41, 5.74) is -2.47. The number of nitrogens with zero attached hydrogens (tertiary/aromatic N) is 3. The third kappa shape index (κ3) is 4.98. The van der Waals surface area contributed by atoms with Crippen molar-refractivity contribution in [2.75, 3.05) is 11.1 Å². The number of ether oxygens (including phenoxy) is 1. The molecule has 0 aliphatic heterocycles. The van der Waals surface area contributed by atoms with Crippen LogP contribution in [0.25, 0.3) is 31.8 Å². The molecule has 40 heavy (non-hydrogen) atoms. The van der Waals surface area contributed by atoms with Gasteiger partial charge in [0.15, 0.2) is 15.7 Å². The van der Waals surface area contributed by atoms with E-state index < -0.39 is 45.0 Å². The average Bonchev–Trinajstić information content (AvgIpc) is 3.50. The molecule has 3 heterocycles. The highest BCUT2D eigenvalue weighted by molar-refractivity contribution is 7.92. The van der Waals surface area contributed by atoms with Crippen molar-refractivity contribution in [3.63, 3.8) is 0 Å². The number of amides is 1. The number of alkyl halides is 3. The van der Waals surface area contributed by atoms with Gasteiger partial charge in [-0.15, -0.1) is 11.3 Å². The minimum atomic E-state index is -4.76. The van der Waals surface area contributed by atoms with E-state index in [1.54, 1.807) is 32.9 Å². The van der Waals surface area contributed by atoms with Crippen LogP contribution in [0.2, 0.25) is 0 Å². The van der Waals surface area contributed by atoms with Gasteiger partial charge in [0.1, 0.15) is 16.8 Å². The van der Waals surface area contributed by atoms with Gasteiger partial charge in [0.2, 0.25) is 0 Å². The monoisotopic (exact) mass is 596 g/mol. The predicted octanol–water partition coefficient (Wildman–Crippen LogP) is 6.11. The van der Waals surface area contributed by atoms with Crippen LogP contribution in [0.1, 0.15) is 52.3 Å². The molecule has 1 saturated carbocycles. The molecule has 0 bridgehead atoms. The van der Waals surface area contributed by atoms with E-state index in [9.17, 15) is 31.2 Å². The van der Waals surface area contributed by atoms with Crippen LogP contribution in [0.15, 0.2) is 34.0 Å². The molecule has 1 amide bonds. The summed E-state index contributed by atoms with van der Waals surface area (Å²) >= 11 is 1.06. The van der Waals surface area contributed by atoms with Gasteiger partial charge in [0.05, 0.1) is 21.0 Å². The number of fused-ring (bicyclic) bond motifs is 2. The zero-order chi connectivity index (χ0) is 29.4. The molecule has 0 spiro atoms. The molecule has 1 aromatic carbocycles. The number of thiophene rings is 1. The van der Waals surface area contributed by atoms with Crippen LogP contribution in [-0.4, -0.2) is 40.0 Å². The number of carbonyl (C=O) groups excluding carboxylic acids is 1. The van der Waals surface area contributed by atoms with Gasteiger partial charge >= 0.3 is 12.3 Å². The number of pyridine rings is 1. The van der Waals surface area contributed by atoms with Crippen molar-refractivity contribution in [3.05, 3.63) is 40.3 Å². The van der Waals surface area contributed by atoms with E-state index in [1.807, 2.05) is 0 Å². The maximum Gasteiger partial charge on any atom is 0.431 e. The molecule has 14 heteroatoms. The van der Waals surface area contributed by atoms with Crippen LogP contribution >= 0.6 is 11.3 Å². The number of sulfone groups is 1. The highest BCUT2D eigenvalue weighted by Crippen LogP contribution is 2.44. The van der Waals surface area contributed by atoms with Crippen molar-refractivity contribution in [3.8, 4) is 10.7 Å². The number of nitrogens with one attached hydrogen (secondary N) is 1. The third-order valence-corrected chi connectivity index (χ3v) is 9.55. The summed E-state index contributed by atoms with van der Waals surface area (Å²) in [5.74, 6) is -0.177. The number of anilines is 1. The Morgan fingerprint density at radius 2 is 1.88 bits per heavy atom. The fourth-order valence-electron chi connectivity index (χ4n) is 4.59. The standard InChI is InChI=1S/C26H27F3N4O5S2/c1-6-40(36,37)21-15-10-7-13(30-24(35)38-25(2,3)4)11-17(15)39-20(21)22-31-16-12-18(26(27,28)29)33(14-8-9-14)23(34)19(16)32(22)5/h7,10-12,14H,6,8-9H2,1-5H3,(H,30,35). The average molecular weight is 597 g/mol. The minimum absolute atomic E-state index is 0.0317. The molecule has 0 atom stereocenters. The Morgan fingerprint density at radius 1 is 1.20 bits per heavy atom. The van der Waals surface area contributed by atoms with Gasteiger partial charge < -0.3 is 9.30 Å². The molecule has 5 rings (SSSR count). The first-order valence-corrected chi connectivity index (χ1v) is 15.0. The van der Waals surface area contributed by atoms with E-state index in [1.165, 1.54) is 24.6 Å². The molecule has 1 aliphatic rings. The van der Waals surface area contributed by atoms with E-state index in [4.69, 9.17) is 4.74 Å². The van der Waals surface area contributed by atoms with Gasteiger partial charge in [-0.2, -0.15) is 13.2 Å². The Labute approximate surface area is 231 Å². The maximum absolute atomic E-state index is 13.9. The Bertz CT molecular complexity index is 1840. The van der Waals surface area contributed by atoms with Crippen LogP contribution in [0, 0.1) is 0 Å². The van der Waals surface area contributed by atoms with Crippen molar-refractivity contribution in [2.24, 2.45) is 7.05 Å². The lowest BCUT2D eigenvalue weighted by atomic mass is 10.2. The molecule has 1 fully saturated rings. The molecule has 3 aromatic heterocycles. The van der Waals surface area contributed by atoms with Crippen LogP contribution in [-0.2, 0) is 27.8 Å². The Hall–Kier alpha value is -3.39. The number of rotatable bonds is 5. The summed E-state index contributed by atoms with van der Waals surface area (Å²) in [6.45, 7) is 6.64.